The standard InChI is InChI=1S/C26H48N2O6/c1-3-5-6-7-8-9-10-11-12-13-14-15-16-18-23(29)28-22(26(33)34)19-20-24(30)27-21(17-4-2)25(31)32/h21-22H,3-20H2,1-2H3,(H,27,30)(H,28,29)(H,31,32)(H,33,34). The van der Waals surface area contributed by atoms with Crippen LogP contribution in [0.1, 0.15) is 129 Å². The number of carbonyl (C=O) groups excluding carboxylic acids is 2. The number of carboxylic acid groups (broad SMARTS) is 2. The topological polar surface area (TPSA) is 133 Å². The molecule has 0 aromatic heterocycles. The van der Waals surface area contributed by atoms with Gasteiger partial charge in [0.05, 0.1) is 0 Å². The quantitative estimate of drug-likeness (QED) is 0.148. The summed E-state index contributed by atoms with van der Waals surface area (Å²) in [6.45, 7) is 4.05. The Morgan fingerprint density at radius 2 is 0.912 bits per heavy atom. The summed E-state index contributed by atoms with van der Waals surface area (Å²) in [6, 6.07) is -2.14. The maximum Gasteiger partial charge on any atom is 0.326 e. The summed E-state index contributed by atoms with van der Waals surface area (Å²) in [6.07, 6.45) is 16.7. The fourth-order valence-electron chi connectivity index (χ4n) is 3.92. The highest BCUT2D eigenvalue weighted by Gasteiger charge is 2.23. The molecule has 0 saturated carbocycles. The lowest BCUT2D eigenvalue weighted by Gasteiger charge is -2.16. The van der Waals surface area contributed by atoms with E-state index < -0.39 is 29.9 Å². The average molecular weight is 485 g/mol. The molecule has 0 aromatic carbocycles. The highest BCUT2D eigenvalue weighted by atomic mass is 16.4. The highest BCUT2D eigenvalue weighted by molar-refractivity contribution is 5.86. The van der Waals surface area contributed by atoms with Crippen molar-refractivity contribution in [2.75, 3.05) is 0 Å². The van der Waals surface area contributed by atoms with Crippen molar-refractivity contribution in [3.8, 4) is 0 Å². The van der Waals surface area contributed by atoms with Crippen LogP contribution in [0.2, 0.25) is 0 Å². The first kappa shape index (κ1) is 31.9. The van der Waals surface area contributed by atoms with Crippen LogP contribution in [0.25, 0.3) is 0 Å². The minimum atomic E-state index is -1.20. The van der Waals surface area contributed by atoms with Gasteiger partial charge in [0.1, 0.15) is 12.1 Å². The van der Waals surface area contributed by atoms with Gasteiger partial charge >= 0.3 is 11.9 Å². The van der Waals surface area contributed by atoms with Crippen molar-refractivity contribution in [3.63, 3.8) is 0 Å². The zero-order valence-electron chi connectivity index (χ0n) is 21.4. The molecule has 4 N–H and O–H groups in total. The molecular weight excluding hydrogens is 436 g/mol. The number of nitrogens with one attached hydrogen (secondary N) is 2. The van der Waals surface area contributed by atoms with Crippen molar-refractivity contribution in [2.45, 2.75) is 142 Å². The first-order valence-electron chi connectivity index (χ1n) is 13.4. The second-order valence-electron chi connectivity index (χ2n) is 9.24. The van der Waals surface area contributed by atoms with Gasteiger partial charge in [-0.1, -0.05) is 97.3 Å². The molecule has 0 fully saturated rings. The number of unbranched alkanes of at least 4 members (excludes halogenated alkanes) is 12. The molecule has 0 rings (SSSR count). The van der Waals surface area contributed by atoms with Gasteiger partial charge < -0.3 is 20.8 Å². The molecule has 0 aliphatic carbocycles. The molecule has 0 aromatic rings. The van der Waals surface area contributed by atoms with Crippen LogP contribution >= 0.6 is 0 Å². The minimum Gasteiger partial charge on any atom is -0.480 e. The number of aliphatic carboxylic acids is 2. The van der Waals surface area contributed by atoms with Crippen molar-refractivity contribution < 1.29 is 29.4 Å². The third-order valence-electron chi connectivity index (χ3n) is 6.01. The molecule has 0 radical (unpaired) electrons. The van der Waals surface area contributed by atoms with Crippen LogP contribution in [-0.2, 0) is 19.2 Å². The Morgan fingerprint density at radius 3 is 1.32 bits per heavy atom. The molecule has 0 heterocycles. The fourth-order valence-corrected chi connectivity index (χ4v) is 3.92. The van der Waals surface area contributed by atoms with Gasteiger partial charge in [0, 0.05) is 12.8 Å². The summed E-state index contributed by atoms with van der Waals surface area (Å²) in [5, 5.41) is 23.3. The number of carbonyl (C=O) groups is 4. The van der Waals surface area contributed by atoms with Gasteiger partial charge in [-0.25, -0.2) is 9.59 Å². The smallest absolute Gasteiger partial charge is 0.326 e. The van der Waals surface area contributed by atoms with E-state index in [1.807, 2.05) is 6.92 Å². The van der Waals surface area contributed by atoms with Crippen molar-refractivity contribution >= 4 is 23.8 Å². The number of rotatable bonds is 23. The van der Waals surface area contributed by atoms with Crippen LogP contribution < -0.4 is 10.6 Å². The van der Waals surface area contributed by atoms with Crippen LogP contribution in [0.3, 0.4) is 0 Å². The normalized spacial score (nSPS) is 12.6. The molecular formula is C26H48N2O6. The van der Waals surface area contributed by atoms with E-state index in [4.69, 9.17) is 5.11 Å². The maximum atomic E-state index is 12.1. The molecule has 8 heteroatoms. The Morgan fingerprint density at radius 1 is 0.529 bits per heavy atom. The first-order chi connectivity index (χ1) is 16.3. The van der Waals surface area contributed by atoms with Gasteiger partial charge in [-0.3, -0.25) is 9.59 Å². The molecule has 198 valence electrons. The Balaban J connectivity index is 3.91. The van der Waals surface area contributed by atoms with Crippen LogP contribution in [0.5, 0.6) is 0 Å². The molecule has 2 atom stereocenters. The molecule has 2 unspecified atom stereocenters. The average Bonchev–Trinajstić information content (AvgIpc) is 2.79. The summed E-state index contributed by atoms with van der Waals surface area (Å²) in [7, 11) is 0. The van der Waals surface area contributed by atoms with Crippen molar-refractivity contribution in [2.24, 2.45) is 0 Å². The number of hydrogen-bond acceptors (Lipinski definition) is 4. The van der Waals surface area contributed by atoms with Gasteiger partial charge in [-0.15, -0.1) is 0 Å². The lowest BCUT2D eigenvalue weighted by Crippen LogP contribution is -2.43. The molecule has 0 spiro atoms. The van der Waals surface area contributed by atoms with Gasteiger partial charge in [0.25, 0.3) is 0 Å². The SMILES string of the molecule is CCCCCCCCCCCCCCCC(=O)NC(CCC(=O)NC(CCC)C(=O)O)C(=O)O. The molecule has 2 amide bonds. The summed E-state index contributed by atoms with van der Waals surface area (Å²) >= 11 is 0. The second-order valence-corrected chi connectivity index (χ2v) is 9.24. The van der Waals surface area contributed by atoms with E-state index in [0.29, 0.717) is 19.3 Å². The molecule has 0 bridgehead atoms. The van der Waals surface area contributed by atoms with Crippen molar-refractivity contribution in [3.05, 3.63) is 0 Å². The van der Waals surface area contributed by atoms with E-state index in [9.17, 15) is 24.3 Å². The third-order valence-corrected chi connectivity index (χ3v) is 6.01. The van der Waals surface area contributed by atoms with Crippen LogP contribution in [0, 0.1) is 0 Å². The lowest BCUT2D eigenvalue weighted by molar-refractivity contribution is -0.143. The predicted octanol–water partition coefficient (Wildman–Crippen LogP) is 5.19. The summed E-state index contributed by atoms with van der Waals surface area (Å²) < 4.78 is 0. The highest BCUT2D eigenvalue weighted by Crippen LogP contribution is 2.13. The third kappa shape index (κ3) is 18.3. The molecule has 0 aliphatic heterocycles. The fraction of sp³-hybridized carbons (Fsp3) is 0.846. The predicted molar refractivity (Wildman–Crippen MR) is 134 cm³/mol. The van der Waals surface area contributed by atoms with E-state index in [2.05, 4.69) is 17.6 Å². The van der Waals surface area contributed by atoms with Gasteiger partial charge in [0.2, 0.25) is 11.8 Å². The zero-order chi connectivity index (χ0) is 25.6. The van der Waals surface area contributed by atoms with Crippen LogP contribution in [-0.4, -0.2) is 46.0 Å². The van der Waals surface area contributed by atoms with E-state index in [1.165, 1.54) is 64.2 Å². The molecule has 34 heavy (non-hydrogen) atoms. The second kappa shape index (κ2) is 21.4. The van der Waals surface area contributed by atoms with Crippen molar-refractivity contribution in [1.29, 1.82) is 0 Å². The Hall–Kier alpha value is -2.12. The molecule has 0 saturated heterocycles. The number of amides is 2. The number of carboxylic acids is 2. The minimum absolute atomic E-state index is 0.0794. The van der Waals surface area contributed by atoms with Gasteiger partial charge in [0.15, 0.2) is 0 Å². The lowest BCUT2D eigenvalue weighted by atomic mass is 10.0. The van der Waals surface area contributed by atoms with Crippen molar-refractivity contribution in [1.82, 2.24) is 10.6 Å². The summed E-state index contributed by atoms with van der Waals surface area (Å²) in [4.78, 5) is 46.6. The van der Waals surface area contributed by atoms with E-state index in [1.54, 1.807) is 0 Å². The van der Waals surface area contributed by atoms with E-state index in [0.717, 1.165) is 12.8 Å². The Labute approximate surface area is 205 Å². The summed E-state index contributed by atoms with van der Waals surface area (Å²) in [5.41, 5.74) is 0. The Kier molecular flexibility index (Phi) is 20.1. The van der Waals surface area contributed by atoms with Crippen LogP contribution in [0.4, 0.5) is 0 Å². The zero-order valence-corrected chi connectivity index (χ0v) is 21.4. The molecule has 8 nitrogen and oxygen atoms in total. The van der Waals surface area contributed by atoms with E-state index >= 15 is 0 Å². The Bertz CT molecular complexity index is 582. The van der Waals surface area contributed by atoms with E-state index in [-0.39, 0.29) is 25.2 Å². The van der Waals surface area contributed by atoms with Gasteiger partial charge in [-0.2, -0.15) is 0 Å². The monoisotopic (exact) mass is 484 g/mol. The molecule has 0 aliphatic rings. The maximum absolute atomic E-state index is 12.1. The summed E-state index contributed by atoms with van der Waals surface area (Å²) in [5.74, 6) is -3.17. The van der Waals surface area contributed by atoms with Crippen LogP contribution in [0.15, 0.2) is 0 Å². The number of hydrogen-bond donors (Lipinski definition) is 4. The van der Waals surface area contributed by atoms with Gasteiger partial charge in [-0.05, 0) is 19.3 Å². The largest absolute Gasteiger partial charge is 0.480 e. The first-order valence-corrected chi connectivity index (χ1v) is 13.4.